The lowest BCUT2D eigenvalue weighted by atomic mass is 9.64. The van der Waals surface area contributed by atoms with Gasteiger partial charge in [0.1, 0.15) is 0 Å². The second-order valence-electron chi connectivity index (χ2n) is 8.56. The largest absolute Gasteiger partial charge is 0.392 e. The van der Waals surface area contributed by atoms with E-state index in [1.165, 1.54) is 32.1 Å². The van der Waals surface area contributed by atoms with Crippen molar-refractivity contribution in [2.75, 3.05) is 0 Å². The van der Waals surface area contributed by atoms with Crippen molar-refractivity contribution in [1.29, 1.82) is 0 Å². The van der Waals surface area contributed by atoms with E-state index < -0.39 is 0 Å². The summed E-state index contributed by atoms with van der Waals surface area (Å²) in [5, 5.41) is 13.7. The molecular formula is C17H33NO. The SMILES string of the molecule is CC(C)(C)C1CCCC(NC2CC(O)C2(C)C)CC1. The summed E-state index contributed by atoms with van der Waals surface area (Å²) in [6.45, 7) is 11.5. The van der Waals surface area contributed by atoms with Crippen LogP contribution in [0.3, 0.4) is 0 Å². The number of rotatable bonds is 2. The average molecular weight is 267 g/mol. The number of aliphatic hydroxyl groups is 1. The summed E-state index contributed by atoms with van der Waals surface area (Å²) in [6.07, 6.45) is 7.55. The molecule has 0 aromatic carbocycles. The van der Waals surface area contributed by atoms with Crippen LogP contribution in [0.5, 0.6) is 0 Å². The molecule has 0 aliphatic heterocycles. The smallest absolute Gasteiger partial charge is 0.0621 e. The van der Waals surface area contributed by atoms with E-state index in [4.69, 9.17) is 0 Å². The van der Waals surface area contributed by atoms with Crippen LogP contribution in [0.25, 0.3) is 0 Å². The van der Waals surface area contributed by atoms with Gasteiger partial charge in [-0.1, -0.05) is 41.0 Å². The van der Waals surface area contributed by atoms with E-state index in [2.05, 4.69) is 39.9 Å². The molecule has 2 aliphatic rings. The minimum absolute atomic E-state index is 0.0652. The number of aliphatic hydroxyl groups excluding tert-OH is 1. The first-order valence-corrected chi connectivity index (χ1v) is 8.15. The van der Waals surface area contributed by atoms with Crippen LogP contribution in [0.4, 0.5) is 0 Å². The highest BCUT2D eigenvalue weighted by molar-refractivity contribution is 5.02. The van der Waals surface area contributed by atoms with Gasteiger partial charge in [0.2, 0.25) is 0 Å². The van der Waals surface area contributed by atoms with Gasteiger partial charge in [0.25, 0.3) is 0 Å². The molecular weight excluding hydrogens is 234 g/mol. The maximum atomic E-state index is 9.84. The summed E-state index contributed by atoms with van der Waals surface area (Å²) in [5.74, 6) is 0.874. The van der Waals surface area contributed by atoms with Gasteiger partial charge >= 0.3 is 0 Å². The van der Waals surface area contributed by atoms with Gasteiger partial charge in [0, 0.05) is 17.5 Å². The molecule has 2 rings (SSSR count). The van der Waals surface area contributed by atoms with Crippen LogP contribution in [0.15, 0.2) is 0 Å². The minimum Gasteiger partial charge on any atom is -0.392 e. The number of hydrogen-bond acceptors (Lipinski definition) is 2. The van der Waals surface area contributed by atoms with Gasteiger partial charge in [-0.15, -0.1) is 0 Å². The van der Waals surface area contributed by atoms with Gasteiger partial charge in [-0.25, -0.2) is 0 Å². The molecule has 0 heterocycles. The third-order valence-corrected chi connectivity index (χ3v) is 5.85. The van der Waals surface area contributed by atoms with Crippen LogP contribution in [-0.2, 0) is 0 Å². The molecule has 2 saturated carbocycles. The van der Waals surface area contributed by atoms with Crippen LogP contribution in [-0.4, -0.2) is 23.3 Å². The highest BCUT2D eigenvalue weighted by atomic mass is 16.3. The highest BCUT2D eigenvalue weighted by Crippen LogP contribution is 2.42. The van der Waals surface area contributed by atoms with Gasteiger partial charge in [-0.2, -0.15) is 0 Å². The Labute approximate surface area is 119 Å². The molecule has 2 nitrogen and oxygen atoms in total. The molecule has 19 heavy (non-hydrogen) atoms. The summed E-state index contributed by atoms with van der Waals surface area (Å²) < 4.78 is 0. The van der Waals surface area contributed by atoms with Crippen molar-refractivity contribution in [1.82, 2.24) is 5.32 Å². The van der Waals surface area contributed by atoms with E-state index in [-0.39, 0.29) is 11.5 Å². The summed E-state index contributed by atoms with van der Waals surface area (Å²) in [6, 6.07) is 1.18. The Morgan fingerprint density at radius 3 is 2.26 bits per heavy atom. The molecule has 0 radical (unpaired) electrons. The molecule has 0 bridgehead atoms. The molecule has 0 spiro atoms. The Bertz CT molecular complexity index is 305. The fourth-order valence-corrected chi connectivity index (χ4v) is 3.80. The van der Waals surface area contributed by atoms with Crippen LogP contribution in [0.2, 0.25) is 0 Å². The third-order valence-electron chi connectivity index (χ3n) is 5.85. The first kappa shape index (κ1) is 15.3. The molecule has 2 N–H and O–H groups in total. The zero-order valence-corrected chi connectivity index (χ0v) is 13.5. The Kier molecular flexibility index (Phi) is 4.32. The van der Waals surface area contributed by atoms with Gasteiger partial charge in [0.05, 0.1) is 6.10 Å². The first-order chi connectivity index (χ1) is 8.71. The number of nitrogens with one attached hydrogen (secondary N) is 1. The van der Waals surface area contributed by atoms with Crippen molar-refractivity contribution < 1.29 is 5.11 Å². The van der Waals surface area contributed by atoms with Crippen molar-refractivity contribution in [2.24, 2.45) is 16.7 Å². The van der Waals surface area contributed by atoms with Crippen LogP contribution < -0.4 is 5.32 Å². The Morgan fingerprint density at radius 2 is 1.74 bits per heavy atom. The lowest BCUT2D eigenvalue weighted by molar-refractivity contribution is -0.0764. The van der Waals surface area contributed by atoms with Crippen LogP contribution in [0, 0.1) is 16.7 Å². The second kappa shape index (κ2) is 5.37. The van der Waals surface area contributed by atoms with E-state index in [0.29, 0.717) is 17.5 Å². The Morgan fingerprint density at radius 1 is 1.05 bits per heavy atom. The van der Waals surface area contributed by atoms with Crippen LogP contribution in [0.1, 0.15) is 73.1 Å². The van der Waals surface area contributed by atoms with Gasteiger partial charge < -0.3 is 10.4 Å². The third kappa shape index (κ3) is 3.33. The molecule has 0 aromatic rings. The molecule has 0 amide bonds. The van der Waals surface area contributed by atoms with Gasteiger partial charge in [0.15, 0.2) is 0 Å². The van der Waals surface area contributed by atoms with Crippen molar-refractivity contribution in [2.45, 2.75) is 91.3 Å². The first-order valence-electron chi connectivity index (χ1n) is 8.15. The monoisotopic (exact) mass is 267 g/mol. The zero-order valence-electron chi connectivity index (χ0n) is 13.5. The van der Waals surface area contributed by atoms with E-state index in [1.807, 2.05) is 0 Å². The predicted octanol–water partition coefficient (Wildman–Crippen LogP) is 3.73. The lowest BCUT2D eigenvalue weighted by Crippen LogP contribution is -2.61. The fraction of sp³-hybridized carbons (Fsp3) is 1.00. The van der Waals surface area contributed by atoms with Crippen LogP contribution >= 0.6 is 0 Å². The molecule has 2 aliphatic carbocycles. The van der Waals surface area contributed by atoms with Crippen molar-refractivity contribution >= 4 is 0 Å². The Hall–Kier alpha value is -0.0800. The lowest BCUT2D eigenvalue weighted by Gasteiger charge is -2.51. The molecule has 4 atom stereocenters. The van der Waals surface area contributed by atoms with E-state index in [0.717, 1.165) is 12.3 Å². The maximum absolute atomic E-state index is 9.84. The maximum Gasteiger partial charge on any atom is 0.0621 e. The van der Waals surface area contributed by atoms with Crippen molar-refractivity contribution in [3.63, 3.8) is 0 Å². The van der Waals surface area contributed by atoms with Gasteiger partial charge in [-0.05, 0) is 43.4 Å². The molecule has 0 aromatic heterocycles. The highest BCUT2D eigenvalue weighted by Gasteiger charge is 2.47. The molecule has 2 heteroatoms. The zero-order chi connectivity index (χ0) is 14.3. The Balaban J connectivity index is 1.84. The van der Waals surface area contributed by atoms with E-state index >= 15 is 0 Å². The predicted molar refractivity (Wildman–Crippen MR) is 81.1 cm³/mol. The van der Waals surface area contributed by atoms with Gasteiger partial charge in [-0.3, -0.25) is 0 Å². The summed E-state index contributed by atoms with van der Waals surface area (Å²) in [7, 11) is 0. The molecule has 4 unspecified atom stereocenters. The summed E-state index contributed by atoms with van der Waals surface area (Å²) in [5.41, 5.74) is 0.524. The normalized spacial score (nSPS) is 39.5. The molecule has 2 fully saturated rings. The fourth-order valence-electron chi connectivity index (χ4n) is 3.80. The summed E-state index contributed by atoms with van der Waals surface area (Å²) >= 11 is 0. The molecule has 0 saturated heterocycles. The molecule has 112 valence electrons. The van der Waals surface area contributed by atoms with E-state index in [1.54, 1.807) is 0 Å². The summed E-state index contributed by atoms with van der Waals surface area (Å²) in [4.78, 5) is 0. The van der Waals surface area contributed by atoms with E-state index in [9.17, 15) is 5.11 Å². The standard InChI is InChI=1S/C17H33NO/c1-16(2,3)12-7-6-8-13(10-9-12)18-14-11-15(19)17(14,4)5/h12-15,18-19H,6-11H2,1-5H3. The topological polar surface area (TPSA) is 32.3 Å². The minimum atomic E-state index is -0.113. The second-order valence-corrected chi connectivity index (χ2v) is 8.56. The number of hydrogen-bond donors (Lipinski definition) is 2. The van der Waals surface area contributed by atoms with Crippen molar-refractivity contribution in [3.05, 3.63) is 0 Å². The van der Waals surface area contributed by atoms with Crippen molar-refractivity contribution in [3.8, 4) is 0 Å². The quantitative estimate of drug-likeness (QED) is 0.747. The average Bonchev–Trinajstić information content (AvgIpc) is 2.53.